The fourth-order valence-electron chi connectivity index (χ4n) is 4.01. The molecule has 0 aliphatic carbocycles. The summed E-state index contributed by atoms with van der Waals surface area (Å²) in [5, 5.41) is 2.56. The van der Waals surface area contributed by atoms with Crippen LogP contribution in [0.25, 0.3) is 21.9 Å². The van der Waals surface area contributed by atoms with E-state index in [1.165, 1.54) is 62.6 Å². The molecule has 0 spiro atoms. The summed E-state index contributed by atoms with van der Waals surface area (Å²) in [7, 11) is 0. The highest BCUT2D eigenvalue weighted by Crippen LogP contribution is 2.42. The molecule has 130 valence electrons. The molecule has 3 aromatic carbocycles. The van der Waals surface area contributed by atoms with Gasteiger partial charge in [-0.2, -0.15) is 0 Å². The van der Waals surface area contributed by atoms with Gasteiger partial charge < -0.3 is 5.73 Å². The lowest BCUT2D eigenvalue weighted by Crippen LogP contribution is -2.04. The van der Waals surface area contributed by atoms with Crippen LogP contribution in [0.2, 0.25) is 0 Å². The van der Waals surface area contributed by atoms with E-state index in [1.807, 2.05) is 0 Å². The molecule has 0 saturated heterocycles. The molecule has 0 heterocycles. The summed E-state index contributed by atoms with van der Waals surface area (Å²) in [4.78, 5) is 0. The van der Waals surface area contributed by atoms with Gasteiger partial charge >= 0.3 is 0 Å². The molecule has 0 aliphatic rings. The Kier molecular flexibility index (Phi) is 4.85. The first kappa shape index (κ1) is 17.5. The summed E-state index contributed by atoms with van der Waals surface area (Å²) >= 11 is 0. The van der Waals surface area contributed by atoms with Gasteiger partial charge in [-0.15, -0.1) is 0 Å². The highest BCUT2D eigenvalue weighted by Gasteiger charge is 2.19. The average Bonchev–Trinajstić information content (AvgIpc) is 2.62. The first-order chi connectivity index (χ1) is 12.0. The molecule has 0 radical (unpaired) electrons. The monoisotopic (exact) mass is 331 g/mol. The van der Waals surface area contributed by atoms with Crippen molar-refractivity contribution in [3.8, 4) is 11.1 Å². The van der Waals surface area contributed by atoms with Crippen molar-refractivity contribution in [3.63, 3.8) is 0 Å². The Morgan fingerprint density at radius 1 is 0.880 bits per heavy atom. The molecule has 0 atom stereocenters. The van der Waals surface area contributed by atoms with Gasteiger partial charge in [0.05, 0.1) is 0 Å². The van der Waals surface area contributed by atoms with Gasteiger partial charge in [0.1, 0.15) is 0 Å². The largest absolute Gasteiger partial charge is 0.398 e. The van der Waals surface area contributed by atoms with Gasteiger partial charge in [0.25, 0.3) is 0 Å². The maximum Gasteiger partial charge on any atom is 0.0476 e. The molecule has 1 nitrogen and oxygen atoms in total. The maximum atomic E-state index is 6.78. The molecule has 0 aliphatic heterocycles. The van der Waals surface area contributed by atoms with Crippen LogP contribution in [-0.4, -0.2) is 0 Å². The number of fused-ring (bicyclic) bond motifs is 1. The van der Waals surface area contributed by atoms with Crippen molar-refractivity contribution in [2.24, 2.45) is 0 Å². The molecule has 0 unspecified atom stereocenters. The minimum absolute atomic E-state index is 0.934. The fourth-order valence-corrected chi connectivity index (χ4v) is 4.01. The van der Waals surface area contributed by atoms with Crippen molar-refractivity contribution in [1.82, 2.24) is 0 Å². The maximum absolute atomic E-state index is 6.78. The lowest BCUT2D eigenvalue weighted by atomic mass is 9.84. The van der Waals surface area contributed by atoms with Crippen LogP contribution in [0.3, 0.4) is 0 Å². The van der Waals surface area contributed by atoms with Crippen molar-refractivity contribution in [1.29, 1.82) is 0 Å². The zero-order valence-electron chi connectivity index (χ0n) is 16.2. The van der Waals surface area contributed by atoms with Crippen LogP contribution in [0, 0.1) is 27.7 Å². The standard InChI is InChI=1S/C24H29N/c1-6-7-13-20-18(5)22-17(4)16(3)15(2)14-21(22)24(25)23(20)19-11-9-8-10-12-19/h8-12,14H,6-7,13,25H2,1-5H3. The second kappa shape index (κ2) is 6.92. The molecule has 3 aromatic rings. The normalized spacial score (nSPS) is 11.2. The van der Waals surface area contributed by atoms with Crippen molar-refractivity contribution >= 4 is 16.5 Å². The Hall–Kier alpha value is -2.28. The molecule has 25 heavy (non-hydrogen) atoms. The Labute approximate surface area is 151 Å². The van der Waals surface area contributed by atoms with E-state index >= 15 is 0 Å². The highest BCUT2D eigenvalue weighted by atomic mass is 14.6. The van der Waals surface area contributed by atoms with E-state index < -0.39 is 0 Å². The number of aryl methyl sites for hydroxylation is 3. The van der Waals surface area contributed by atoms with Crippen molar-refractivity contribution in [3.05, 3.63) is 64.2 Å². The van der Waals surface area contributed by atoms with Gasteiger partial charge in [-0.3, -0.25) is 0 Å². The smallest absolute Gasteiger partial charge is 0.0476 e. The minimum atomic E-state index is 0.934. The summed E-state index contributed by atoms with van der Waals surface area (Å²) in [5.41, 5.74) is 17.1. The summed E-state index contributed by atoms with van der Waals surface area (Å²) in [6.07, 6.45) is 3.46. The molecule has 0 saturated carbocycles. The Balaban J connectivity index is 2.45. The predicted molar refractivity (Wildman–Crippen MR) is 111 cm³/mol. The number of anilines is 1. The van der Waals surface area contributed by atoms with Crippen LogP contribution < -0.4 is 5.73 Å². The lowest BCUT2D eigenvalue weighted by molar-refractivity contribution is 0.793. The van der Waals surface area contributed by atoms with Crippen LogP contribution >= 0.6 is 0 Å². The number of rotatable bonds is 4. The zero-order valence-corrected chi connectivity index (χ0v) is 16.2. The molecular formula is C24H29N. The van der Waals surface area contributed by atoms with E-state index in [-0.39, 0.29) is 0 Å². The number of hydrogen-bond acceptors (Lipinski definition) is 1. The number of hydrogen-bond donors (Lipinski definition) is 1. The van der Waals surface area contributed by atoms with Gasteiger partial charge in [-0.1, -0.05) is 43.7 Å². The number of nitrogens with two attached hydrogens (primary N) is 1. The molecule has 2 N–H and O–H groups in total. The predicted octanol–water partition coefficient (Wildman–Crippen LogP) is 6.67. The molecule has 1 heteroatoms. The number of unbranched alkanes of at least 4 members (excludes halogenated alkanes) is 1. The van der Waals surface area contributed by atoms with Gasteiger partial charge in [0.15, 0.2) is 0 Å². The van der Waals surface area contributed by atoms with Gasteiger partial charge in [-0.05, 0) is 85.4 Å². The SMILES string of the molecule is CCCCc1c(-c2ccccc2)c(N)c2cc(C)c(C)c(C)c2c1C. The van der Waals surface area contributed by atoms with Crippen LogP contribution in [0.4, 0.5) is 5.69 Å². The second-order valence-electron chi connectivity index (χ2n) is 7.23. The molecule has 0 amide bonds. The average molecular weight is 332 g/mol. The highest BCUT2D eigenvalue weighted by molar-refractivity contribution is 6.06. The number of nitrogen functional groups attached to an aromatic ring is 1. The Bertz CT molecular complexity index is 920. The van der Waals surface area contributed by atoms with Crippen LogP contribution in [0.1, 0.15) is 47.6 Å². The van der Waals surface area contributed by atoms with E-state index in [0.717, 1.165) is 12.1 Å². The topological polar surface area (TPSA) is 26.0 Å². The summed E-state index contributed by atoms with van der Waals surface area (Å²) in [5.74, 6) is 0. The van der Waals surface area contributed by atoms with E-state index in [9.17, 15) is 0 Å². The van der Waals surface area contributed by atoms with Gasteiger partial charge in [-0.25, -0.2) is 0 Å². The molecule has 0 fully saturated rings. The molecular weight excluding hydrogens is 302 g/mol. The third kappa shape index (κ3) is 2.93. The molecule has 0 bridgehead atoms. The molecule has 3 rings (SSSR count). The third-order valence-electron chi connectivity index (χ3n) is 5.69. The first-order valence-corrected chi connectivity index (χ1v) is 9.34. The van der Waals surface area contributed by atoms with Crippen molar-refractivity contribution < 1.29 is 0 Å². The quantitative estimate of drug-likeness (QED) is 0.531. The zero-order chi connectivity index (χ0) is 18.1. The van der Waals surface area contributed by atoms with Crippen LogP contribution in [0.5, 0.6) is 0 Å². The minimum Gasteiger partial charge on any atom is -0.398 e. The van der Waals surface area contributed by atoms with E-state index in [2.05, 4.69) is 71.0 Å². The summed E-state index contributed by atoms with van der Waals surface area (Å²) < 4.78 is 0. The van der Waals surface area contributed by atoms with E-state index in [0.29, 0.717) is 0 Å². The first-order valence-electron chi connectivity index (χ1n) is 9.34. The van der Waals surface area contributed by atoms with E-state index in [1.54, 1.807) is 0 Å². The fraction of sp³-hybridized carbons (Fsp3) is 0.333. The van der Waals surface area contributed by atoms with Gasteiger partial charge in [0.2, 0.25) is 0 Å². The van der Waals surface area contributed by atoms with Crippen LogP contribution in [0.15, 0.2) is 36.4 Å². The van der Waals surface area contributed by atoms with Crippen molar-refractivity contribution in [2.75, 3.05) is 5.73 Å². The van der Waals surface area contributed by atoms with Gasteiger partial charge in [0, 0.05) is 16.6 Å². The third-order valence-corrected chi connectivity index (χ3v) is 5.69. The van der Waals surface area contributed by atoms with Crippen molar-refractivity contribution in [2.45, 2.75) is 53.9 Å². The Morgan fingerprint density at radius 3 is 2.20 bits per heavy atom. The Morgan fingerprint density at radius 2 is 1.56 bits per heavy atom. The summed E-state index contributed by atoms with van der Waals surface area (Å²) in [6.45, 7) is 11.2. The van der Waals surface area contributed by atoms with E-state index in [4.69, 9.17) is 5.73 Å². The molecule has 0 aromatic heterocycles. The lowest BCUT2D eigenvalue weighted by Gasteiger charge is -2.22. The number of benzene rings is 3. The second-order valence-corrected chi connectivity index (χ2v) is 7.23. The summed E-state index contributed by atoms with van der Waals surface area (Å²) in [6, 6.07) is 12.9. The van der Waals surface area contributed by atoms with Crippen LogP contribution in [-0.2, 0) is 6.42 Å².